The Kier molecular flexibility index (Phi) is 4.29. The lowest BCUT2D eigenvalue weighted by molar-refractivity contribution is -0.00288. The van der Waals surface area contributed by atoms with Crippen molar-refractivity contribution in [1.82, 2.24) is 4.31 Å². The minimum Gasteiger partial charge on any atom is -0.371 e. The molecule has 0 N–H and O–H groups in total. The maximum atomic E-state index is 12.7. The molecule has 1 unspecified atom stereocenters. The molecule has 1 heterocycles. The van der Waals surface area contributed by atoms with E-state index in [2.05, 4.69) is 0 Å². The highest BCUT2D eigenvalue weighted by atomic mass is 32.2. The van der Waals surface area contributed by atoms with E-state index in [9.17, 15) is 8.42 Å². The molecule has 116 valence electrons. The zero-order chi connectivity index (χ0) is 15.6. The summed E-state index contributed by atoms with van der Waals surface area (Å²) in [5, 5.41) is 0. The fourth-order valence-electron chi connectivity index (χ4n) is 2.72. The van der Waals surface area contributed by atoms with E-state index in [0.29, 0.717) is 24.6 Å². The second kappa shape index (κ2) is 6.20. The largest absolute Gasteiger partial charge is 0.371 e. The van der Waals surface area contributed by atoms with Crippen molar-refractivity contribution in [2.45, 2.75) is 17.9 Å². The van der Waals surface area contributed by atoms with Gasteiger partial charge in [0.25, 0.3) is 0 Å². The molecule has 0 amide bonds. The number of hydrogen-bond acceptors (Lipinski definition) is 3. The van der Waals surface area contributed by atoms with Crippen LogP contribution < -0.4 is 0 Å². The van der Waals surface area contributed by atoms with E-state index < -0.39 is 10.0 Å². The molecule has 1 fully saturated rings. The highest BCUT2D eigenvalue weighted by Gasteiger charge is 2.31. The Balaban J connectivity index is 1.86. The third kappa shape index (κ3) is 2.92. The standard InChI is InChI=1S/C17H19NO3S/c1-14-7-5-6-10-16(14)17-13-18(11-12-21-17)22(19,20)15-8-3-2-4-9-15/h2-10,17H,11-13H2,1H3. The minimum atomic E-state index is -3.46. The quantitative estimate of drug-likeness (QED) is 0.874. The molecule has 0 radical (unpaired) electrons. The fourth-order valence-corrected chi connectivity index (χ4v) is 4.17. The van der Waals surface area contributed by atoms with Crippen molar-refractivity contribution in [2.24, 2.45) is 0 Å². The van der Waals surface area contributed by atoms with Gasteiger partial charge >= 0.3 is 0 Å². The first kappa shape index (κ1) is 15.2. The van der Waals surface area contributed by atoms with Gasteiger partial charge in [0.05, 0.1) is 17.6 Å². The first-order chi connectivity index (χ1) is 10.6. The van der Waals surface area contributed by atoms with Crippen LogP contribution in [-0.4, -0.2) is 32.4 Å². The van der Waals surface area contributed by atoms with Crippen molar-refractivity contribution in [1.29, 1.82) is 0 Å². The van der Waals surface area contributed by atoms with Crippen molar-refractivity contribution >= 4 is 10.0 Å². The van der Waals surface area contributed by atoms with Gasteiger partial charge in [-0.3, -0.25) is 0 Å². The average Bonchev–Trinajstić information content (AvgIpc) is 2.56. The molecule has 5 heteroatoms. The highest BCUT2D eigenvalue weighted by molar-refractivity contribution is 7.89. The van der Waals surface area contributed by atoms with Crippen LogP contribution in [0.25, 0.3) is 0 Å². The summed E-state index contributed by atoms with van der Waals surface area (Å²) < 4.78 is 32.8. The number of rotatable bonds is 3. The molecule has 22 heavy (non-hydrogen) atoms. The van der Waals surface area contributed by atoms with Crippen LogP contribution in [0.2, 0.25) is 0 Å². The van der Waals surface area contributed by atoms with Crippen molar-refractivity contribution in [3.8, 4) is 0 Å². The van der Waals surface area contributed by atoms with Crippen LogP contribution in [0, 0.1) is 6.92 Å². The molecule has 0 aromatic heterocycles. The molecule has 0 spiro atoms. The van der Waals surface area contributed by atoms with E-state index in [1.807, 2.05) is 37.3 Å². The monoisotopic (exact) mass is 317 g/mol. The third-order valence-electron chi connectivity index (χ3n) is 3.95. The summed E-state index contributed by atoms with van der Waals surface area (Å²) in [6.07, 6.45) is -0.214. The molecular formula is C17H19NO3S. The van der Waals surface area contributed by atoms with Crippen molar-refractivity contribution in [2.75, 3.05) is 19.7 Å². The van der Waals surface area contributed by atoms with Gasteiger partial charge in [-0.2, -0.15) is 4.31 Å². The Morgan fingerprint density at radius 3 is 2.45 bits per heavy atom. The smallest absolute Gasteiger partial charge is 0.243 e. The Hall–Kier alpha value is -1.69. The van der Waals surface area contributed by atoms with Crippen LogP contribution in [0.4, 0.5) is 0 Å². The molecule has 2 aromatic carbocycles. The Labute approximate surface area is 131 Å². The second-order valence-electron chi connectivity index (χ2n) is 5.39. The van der Waals surface area contributed by atoms with E-state index >= 15 is 0 Å². The summed E-state index contributed by atoms with van der Waals surface area (Å²) in [5.74, 6) is 0. The Morgan fingerprint density at radius 2 is 1.73 bits per heavy atom. The molecule has 1 aliphatic heterocycles. The molecule has 0 aliphatic carbocycles. The van der Waals surface area contributed by atoms with Crippen LogP contribution in [0.15, 0.2) is 59.5 Å². The summed E-state index contributed by atoms with van der Waals surface area (Å²) in [4.78, 5) is 0.334. The van der Waals surface area contributed by atoms with E-state index in [1.54, 1.807) is 24.3 Å². The number of aryl methyl sites for hydroxylation is 1. The van der Waals surface area contributed by atoms with Crippen LogP contribution in [-0.2, 0) is 14.8 Å². The van der Waals surface area contributed by atoms with Crippen LogP contribution in [0.5, 0.6) is 0 Å². The van der Waals surface area contributed by atoms with Gasteiger partial charge < -0.3 is 4.74 Å². The molecule has 2 aromatic rings. The van der Waals surface area contributed by atoms with Gasteiger partial charge in [0, 0.05) is 13.1 Å². The van der Waals surface area contributed by atoms with Gasteiger partial charge in [-0.1, -0.05) is 42.5 Å². The van der Waals surface area contributed by atoms with Crippen LogP contribution >= 0.6 is 0 Å². The van der Waals surface area contributed by atoms with E-state index in [4.69, 9.17) is 4.74 Å². The van der Waals surface area contributed by atoms with Crippen molar-refractivity contribution in [3.05, 3.63) is 65.7 Å². The zero-order valence-electron chi connectivity index (χ0n) is 12.5. The molecule has 1 saturated heterocycles. The summed E-state index contributed by atoms with van der Waals surface area (Å²) in [6.45, 7) is 3.16. The van der Waals surface area contributed by atoms with Crippen LogP contribution in [0.3, 0.4) is 0 Å². The molecule has 1 atom stereocenters. The SMILES string of the molecule is Cc1ccccc1C1CN(S(=O)(=O)c2ccccc2)CCO1. The molecule has 4 nitrogen and oxygen atoms in total. The molecule has 1 aliphatic rings. The maximum Gasteiger partial charge on any atom is 0.243 e. The lowest BCUT2D eigenvalue weighted by atomic mass is 10.0. The number of hydrogen-bond donors (Lipinski definition) is 0. The number of benzene rings is 2. The number of morpholine rings is 1. The zero-order valence-corrected chi connectivity index (χ0v) is 13.3. The number of nitrogens with zero attached hydrogens (tertiary/aromatic N) is 1. The van der Waals surface area contributed by atoms with Gasteiger partial charge in [0.1, 0.15) is 0 Å². The fraction of sp³-hybridized carbons (Fsp3) is 0.294. The lowest BCUT2D eigenvalue weighted by Gasteiger charge is -2.33. The average molecular weight is 317 g/mol. The Morgan fingerprint density at radius 1 is 1.05 bits per heavy atom. The lowest BCUT2D eigenvalue weighted by Crippen LogP contribution is -2.42. The normalized spacial score (nSPS) is 20.0. The first-order valence-corrected chi connectivity index (χ1v) is 8.75. The van der Waals surface area contributed by atoms with E-state index in [1.165, 1.54) is 4.31 Å². The van der Waals surface area contributed by atoms with Gasteiger partial charge in [0.15, 0.2) is 0 Å². The first-order valence-electron chi connectivity index (χ1n) is 7.31. The van der Waals surface area contributed by atoms with Gasteiger partial charge in [-0.25, -0.2) is 8.42 Å². The van der Waals surface area contributed by atoms with Crippen molar-refractivity contribution < 1.29 is 13.2 Å². The second-order valence-corrected chi connectivity index (χ2v) is 7.33. The molecule has 0 saturated carbocycles. The molecule has 0 bridgehead atoms. The van der Waals surface area contributed by atoms with Crippen molar-refractivity contribution in [3.63, 3.8) is 0 Å². The summed E-state index contributed by atoms with van der Waals surface area (Å²) in [6, 6.07) is 16.5. The summed E-state index contributed by atoms with van der Waals surface area (Å²) in [7, 11) is -3.46. The third-order valence-corrected chi connectivity index (χ3v) is 5.82. The number of ether oxygens (including phenoxy) is 1. The summed E-state index contributed by atoms with van der Waals surface area (Å²) in [5.41, 5.74) is 2.17. The number of sulfonamides is 1. The predicted octanol–water partition coefficient (Wildman–Crippen LogP) is 2.76. The predicted molar refractivity (Wildman–Crippen MR) is 85.1 cm³/mol. The van der Waals surface area contributed by atoms with Gasteiger partial charge in [0.2, 0.25) is 10.0 Å². The minimum absolute atomic E-state index is 0.214. The molecular weight excluding hydrogens is 298 g/mol. The van der Waals surface area contributed by atoms with Crippen LogP contribution in [0.1, 0.15) is 17.2 Å². The topological polar surface area (TPSA) is 46.6 Å². The summed E-state index contributed by atoms with van der Waals surface area (Å²) >= 11 is 0. The van der Waals surface area contributed by atoms with Gasteiger partial charge in [-0.15, -0.1) is 0 Å². The maximum absolute atomic E-state index is 12.7. The van der Waals surface area contributed by atoms with Gasteiger partial charge in [-0.05, 0) is 30.2 Å². The Bertz CT molecular complexity index is 744. The van der Waals surface area contributed by atoms with E-state index in [-0.39, 0.29) is 6.10 Å². The van der Waals surface area contributed by atoms with E-state index in [0.717, 1.165) is 11.1 Å². The molecule has 3 rings (SSSR count). The highest BCUT2D eigenvalue weighted by Crippen LogP contribution is 2.28.